The number of para-hydroxylation sites is 2. The molecule has 1 aromatic heterocycles. The average molecular weight is 309 g/mol. The van der Waals surface area contributed by atoms with Crippen molar-refractivity contribution in [2.75, 3.05) is 0 Å². The van der Waals surface area contributed by atoms with Crippen molar-refractivity contribution in [3.8, 4) is 0 Å². The van der Waals surface area contributed by atoms with Crippen molar-refractivity contribution in [1.82, 2.24) is 15.4 Å². The van der Waals surface area contributed by atoms with Crippen LogP contribution in [0.3, 0.4) is 0 Å². The van der Waals surface area contributed by atoms with Crippen molar-refractivity contribution in [2.24, 2.45) is 10.8 Å². The Kier molecular flexibility index (Phi) is 4.11. The zero-order valence-corrected chi connectivity index (χ0v) is 12.6. The largest absolute Gasteiger partial charge is 0.375 e. The van der Waals surface area contributed by atoms with Crippen molar-refractivity contribution in [1.29, 1.82) is 0 Å². The summed E-state index contributed by atoms with van der Waals surface area (Å²) in [5, 5.41) is 4.44. The summed E-state index contributed by atoms with van der Waals surface area (Å²) in [6.07, 6.45) is 0.550. The smallest absolute Gasteiger partial charge is 0.184 e. The number of nitrogens with two attached hydrogens (primary N) is 1. The number of H-pyrrole nitrogens is 1. The molecule has 3 rings (SSSR count). The summed E-state index contributed by atoms with van der Waals surface area (Å²) in [4.78, 5) is 7.88. The number of aromatic nitrogens is 2. The Labute approximate surface area is 133 Å². The third-order valence-corrected chi connectivity index (χ3v) is 3.27. The van der Waals surface area contributed by atoms with Gasteiger partial charge in [0.15, 0.2) is 5.11 Å². The van der Waals surface area contributed by atoms with Crippen LogP contribution in [-0.2, 0) is 6.42 Å². The number of thiocarbonyl (C=S) groups is 1. The molecule has 0 saturated carbocycles. The highest BCUT2D eigenvalue weighted by Gasteiger charge is 2.09. The Hall–Kier alpha value is -2.73. The molecule has 0 spiro atoms. The first-order chi connectivity index (χ1) is 10.7. The highest BCUT2D eigenvalue weighted by atomic mass is 32.1. The predicted molar refractivity (Wildman–Crippen MR) is 92.7 cm³/mol. The molecule has 22 heavy (non-hydrogen) atoms. The van der Waals surface area contributed by atoms with Gasteiger partial charge in [0, 0.05) is 0 Å². The predicted octanol–water partition coefficient (Wildman–Crippen LogP) is 2.34. The van der Waals surface area contributed by atoms with Crippen LogP contribution in [0.2, 0.25) is 0 Å². The molecule has 2 aromatic carbocycles. The van der Waals surface area contributed by atoms with Gasteiger partial charge >= 0.3 is 0 Å². The Morgan fingerprint density at radius 3 is 2.59 bits per heavy atom. The molecule has 0 aliphatic rings. The molecule has 0 unspecified atom stereocenters. The Morgan fingerprint density at radius 2 is 1.86 bits per heavy atom. The van der Waals surface area contributed by atoms with E-state index in [0.29, 0.717) is 6.42 Å². The number of benzene rings is 2. The van der Waals surface area contributed by atoms with Gasteiger partial charge in [0.25, 0.3) is 0 Å². The molecule has 0 radical (unpaired) electrons. The second-order valence-electron chi connectivity index (χ2n) is 4.78. The van der Waals surface area contributed by atoms with E-state index in [9.17, 15) is 0 Å². The third kappa shape index (κ3) is 3.29. The van der Waals surface area contributed by atoms with E-state index in [0.717, 1.165) is 28.1 Å². The number of aromatic amines is 1. The monoisotopic (exact) mass is 309 g/mol. The van der Waals surface area contributed by atoms with Gasteiger partial charge in [-0.3, -0.25) is 5.43 Å². The first-order valence-electron chi connectivity index (χ1n) is 6.83. The van der Waals surface area contributed by atoms with Crippen LogP contribution in [0.1, 0.15) is 11.4 Å². The number of hydrogen-bond acceptors (Lipinski definition) is 3. The zero-order valence-electron chi connectivity index (χ0n) is 11.8. The molecule has 0 atom stereocenters. The number of rotatable bonds is 4. The van der Waals surface area contributed by atoms with Gasteiger partial charge in [0.2, 0.25) is 0 Å². The molecule has 0 bridgehead atoms. The van der Waals surface area contributed by atoms with Crippen LogP contribution in [0.25, 0.3) is 11.0 Å². The van der Waals surface area contributed by atoms with Crippen molar-refractivity contribution in [3.63, 3.8) is 0 Å². The lowest BCUT2D eigenvalue weighted by Gasteiger charge is -2.06. The van der Waals surface area contributed by atoms with E-state index in [1.54, 1.807) is 0 Å². The quantitative estimate of drug-likeness (QED) is 0.393. The lowest BCUT2D eigenvalue weighted by Crippen LogP contribution is -2.26. The van der Waals surface area contributed by atoms with E-state index in [1.807, 2.05) is 54.6 Å². The highest BCUT2D eigenvalue weighted by molar-refractivity contribution is 7.80. The number of nitrogens with one attached hydrogen (secondary N) is 2. The molecule has 0 saturated heterocycles. The van der Waals surface area contributed by atoms with E-state index in [2.05, 4.69) is 20.5 Å². The van der Waals surface area contributed by atoms with Crippen LogP contribution in [0.15, 0.2) is 59.7 Å². The number of fused-ring (bicyclic) bond motifs is 1. The van der Waals surface area contributed by atoms with E-state index in [4.69, 9.17) is 18.0 Å². The molecule has 0 aliphatic carbocycles. The van der Waals surface area contributed by atoms with Crippen LogP contribution >= 0.6 is 12.2 Å². The molecule has 110 valence electrons. The zero-order chi connectivity index (χ0) is 15.4. The topological polar surface area (TPSA) is 79.1 Å². The van der Waals surface area contributed by atoms with E-state index < -0.39 is 0 Å². The van der Waals surface area contributed by atoms with E-state index in [-0.39, 0.29) is 5.11 Å². The van der Waals surface area contributed by atoms with Crippen molar-refractivity contribution < 1.29 is 0 Å². The Balaban J connectivity index is 1.92. The number of imidazole rings is 1. The van der Waals surface area contributed by atoms with Gasteiger partial charge in [-0.05, 0) is 29.9 Å². The van der Waals surface area contributed by atoms with E-state index >= 15 is 0 Å². The lowest BCUT2D eigenvalue weighted by atomic mass is 10.1. The lowest BCUT2D eigenvalue weighted by molar-refractivity contribution is 1.00. The molecule has 1 heterocycles. The molecule has 0 fully saturated rings. The Bertz CT molecular complexity index is 790. The summed E-state index contributed by atoms with van der Waals surface area (Å²) in [7, 11) is 0. The third-order valence-electron chi connectivity index (χ3n) is 3.18. The van der Waals surface area contributed by atoms with E-state index in [1.165, 1.54) is 0 Å². The summed E-state index contributed by atoms with van der Waals surface area (Å²) in [5.41, 5.74) is 11.9. The summed E-state index contributed by atoms with van der Waals surface area (Å²) in [6, 6.07) is 17.8. The number of hydrazone groups is 1. The molecule has 3 aromatic rings. The highest BCUT2D eigenvalue weighted by Crippen LogP contribution is 2.12. The first-order valence-corrected chi connectivity index (χ1v) is 7.24. The first kappa shape index (κ1) is 14.2. The van der Waals surface area contributed by atoms with Crippen molar-refractivity contribution in [3.05, 3.63) is 66.0 Å². The van der Waals surface area contributed by atoms with Crippen molar-refractivity contribution in [2.45, 2.75) is 6.42 Å². The van der Waals surface area contributed by atoms with Crippen molar-refractivity contribution >= 4 is 34.1 Å². The van der Waals surface area contributed by atoms with Crippen LogP contribution in [0.5, 0.6) is 0 Å². The molecule has 4 N–H and O–H groups in total. The molecular formula is C16H15N5S. The van der Waals surface area contributed by atoms with Crippen LogP contribution in [0.4, 0.5) is 0 Å². The summed E-state index contributed by atoms with van der Waals surface area (Å²) in [6.45, 7) is 0. The maximum Gasteiger partial charge on any atom is 0.184 e. The van der Waals surface area contributed by atoms with Gasteiger partial charge in [-0.15, -0.1) is 0 Å². The van der Waals surface area contributed by atoms with Crippen LogP contribution in [-0.4, -0.2) is 20.8 Å². The van der Waals surface area contributed by atoms with Crippen LogP contribution in [0, 0.1) is 0 Å². The number of hydrogen-bond donors (Lipinski definition) is 3. The van der Waals surface area contributed by atoms with Gasteiger partial charge in [-0.2, -0.15) is 5.10 Å². The molecular weight excluding hydrogens is 294 g/mol. The van der Waals surface area contributed by atoms with Crippen LogP contribution < -0.4 is 11.2 Å². The fourth-order valence-electron chi connectivity index (χ4n) is 2.21. The molecule has 0 amide bonds. The fourth-order valence-corrected chi connectivity index (χ4v) is 2.25. The molecule has 5 nitrogen and oxygen atoms in total. The summed E-state index contributed by atoms with van der Waals surface area (Å²) < 4.78 is 0. The van der Waals surface area contributed by atoms with Gasteiger partial charge in [-0.25, -0.2) is 4.98 Å². The van der Waals surface area contributed by atoms with Gasteiger partial charge in [0.05, 0.1) is 23.2 Å². The maximum atomic E-state index is 5.46. The second kappa shape index (κ2) is 6.36. The summed E-state index contributed by atoms with van der Waals surface area (Å²) >= 11 is 4.82. The minimum atomic E-state index is 0.137. The molecule has 6 heteroatoms. The normalized spacial score (nSPS) is 11.5. The molecule has 0 aliphatic heterocycles. The van der Waals surface area contributed by atoms with Gasteiger partial charge < -0.3 is 10.7 Å². The number of nitrogens with zero attached hydrogens (tertiary/aromatic N) is 2. The summed E-state index contributed by atoms with van der Waals surface area (Å²) in [5.74, 6) is 0.841. The maximum absolute atomic E-state index is 5.46. The SMILES string of the molecule is NC(=S)N/N=C(\Cc1nc2ccccc2[nH]1)c1ccccc1. The van der Waals surface area contributed by atoms with Gasteiger partial charge in [0.1, 0.15) is 5.82 Å². The Morgan fingerprint density at radius 1 is 1.14 bits per heavy atom. The minimum Gasteiger partial charge on any atom is -0.375 e. The standard InChI is InChI=1S/C16H15N5S/c17-16(22)21-20-14(11-6-2-1-3-7-11)10-15-18-12-8-4-5-9-13(12)19-15/h1-9H,10H2,(H,18,19)(H3,17,21,22)/b20-14+. The fraction of sp³-hybridized carbons (Fsp3) is 0.0625. The minimum absolute atomic E-state index is 0.137. The average Bonchev–Trinajstić information content (AvgIpc) is 2.94. The second-order valence-corrected chi connectivity index (χ2v) is 5.22. The van der Waals surface area contributed by atoms with Gasteiger partial charge in [-0.1, -0.05) is 42.5 Å².